The van der Waals surface area contributed by atoms with Gasteiger partial charge in [-0.2, -0.15) is 0 Å². The summed E-state index contributed by atoms with van der Waals surface area (Å²) >= 11 is 0. The Bertz CT molecular complexity index is 889. The van der Waals surface area contributed by atoms with Crippen LogP contribution in [-0.4, -0.2) is 43.6 Å². The van der Waals surface area contributed by atoms with Gasteiger partial charge in [0.25, 0.3) is 0 Å². The first-order chi connectivity index (χ1) is 13.4. The fourth-order valence-electron chi connectivity index (χ4n) is 3.44. The average molecular weight is 419 g/mol. The number of rotatable bonds is 6. The number of benzene rings is 1. The Hall–Kier alpha value is -1.84. The van der Waals surface area contributed by atoms with Gasteiger partial charge in [0.15, 0.2) is 0 Å². The lowest BCUT2D eigenvalue weighted by Crippen LogP contribution is -2.49. The van der Waals surface area contributed by atoms with Crippen LogP contribution < -0.4 is 4.72 Å². The van der Waals surface area contributed by atoms with Gasteiger partial charge >= 0.3 is 0 Å². The predicted octanol–water partition coefficient (Wildman–Crippen LogP) is 3.19. The quantitative estimate of drug-likeness (QED) is 0.722. The monoisotopic (exact) mass is 418 g/mol. The molecule has 160 valence electrons. The maximum absolute atomic E-state index is 12.7. The van der Waals surface area contributed by atoms with E-state index in [1.807, 2.05) is 43.0 Å². The molecule has 1 aliphatic heterocycles. The minimum Gasteiger partial charge on any atom is -0.337 e. The highest BCUT2D eigenvalue weighted by atomic mass is 32.2. The van der Waals surface area contributed by atoms with E-state index in [0.717, 1.165) is 11.1 Å². The molecule has 0 aliphatic carbocycles. The first kappa shape index (κ1) is 23.4. The van der Waals surface area contributed by atoms with Crippen molar-refractivity contribution in [2.75, 3.05) is 12.3 Å². The lowest BCUT2D eigenvalue weighted by molar-refractivity contribution is -0.135. The normalized spacial score (nSPS) is 19.9. The summed E-state index contributed by atoms with van der Waals surface area (Å²) in [5.41, 5.74) is 1.91. The Morgan fingerprint density at radius 1 is 1.31 bits per heavy atom. The van der Waals surface area contributed by atoms with Crippen LogP contribution in [-0.2, 0) is 21.2 Å². The molecule has 1 aromatic rings. The zero-order chi connectivity index (χ0) is 21.8. The van der Waals surface area contributed by atoms with Crippen LogP contribution >= 0.6 is 0 Å². The van der Waals surface area contributed by atoms with Crippen LogP contribution in [0, 0.1) is 23.2 Å². The third kappa shape index (κ3) is 6.87. The number of sulfonamides is 1. The Morgan fingerprint density at radius 3 is 2.59 bits per heavy atom. The summed E-state index contributed by atoms with van der Waals surface area (Å²) in [6.45, 7) is 12.2. The second kappa shape index (κ2) is 9.32. The molecule has 1 saturated heterocycles. The lowest BCUT2D eigenvalue weighted by atomic mass is 9.96. The van der Waals surface area contributed by atoms with Gasteiger partial charge in [-0.05, 0) is 58.2 Å². The van der Waals surface area contributed by atoms with E-state index in [-0.39, 0.29) is 35.1 Å². The smallest absolute Gasteiger partial charge is 0.225 e. The Labute approximate surface area is 176 Å². The van der Waals surface area contributed by atoms with E-state index in [4.69, 9.17) is 0 Å². The van der Waals surface area contributed by atoms with Crippen molar-refractivity contribution in [1.82, 2.24) is 9.62 Å². The molecular weight excluding hydrogens is 384 g/mol. The van der Waals surface area contributed by atoms with Gasteiger partial charge in [0, 0.05) is 29.5 Å². The Morgan fingerprint density at radius 2 is 2.00 bits per heavy atom. The summed E-state index contributed by atoms with van der Waals surface area (Å²) in [6.07, 6.45) is 1.23. The standard InChI is InChI=1S/C23H34N2O3S/c1-7-29(27,28)24-20-12-14-25(22(26)17(2)3)21(20)16-19-10-8-9-18(15-19)11-13-23(4,5)6/h8-10,15,17,20-21,24H,7,12,14,16H2,1-6H3. The summed E-state index contributed by atoms with van der Waals surface area (Å²) in [5, 5.41) is 0. The number of likely N-dealkylation sites (tertiary alicyclic amines) is 1. The van der Waals surface area contributed by atoms with Crippen molar-refractivity contribution in [3.05, 3.63) is 35.4 Å². The van der Waals surface area contributed by atoms with Crippen molar-refractivity contribution in [1.29, 1.82) is 0 Å². The molecule has 1 amide bonds. The molecule has 2 unspecified atom stereocenters. The SMILES string of the molecule is CCS(=O)(=O)NC1CCN(C(=O)C(C)C)C1Cc1cccc(C#CC(C)(C)C)c1. The molecule has 2 atom stereocenters. The lowest BCUT2D eigenvalue weighted by Gasteiger charge is -2.30. The number of carbonyl (C=O) groups is 1. The minimum absolute atomic E-state index is 0.0340. The maximum Gasteiger partial charge on any atom is 0.225 e. The molecule has 2 rings (SSSR count). The topological polar surface area (TPSA) is 66.5 Å². The zero-order valence-electron chi connectivity index (χ0n) is 18.5. The van der Waals surface area contributed by atoms with E-state index in [2.05, 4.69) is 37.3 Å². The fraction of sp³-hybridized carbons (Fsp3) is 0.609. The average Bonchev–Trinajstić information content (AvgIpc) is 3.00. The molecular formula is C23H34N2O3S. The summed E-state index contributed by atoms with van der Waals surface area (Å²) in [6, 6.07) is 7.54. The molecule has 5 nitrogen and oxygen atoms in total. The predicted molar refractivity (Wildman–Crippen MR) is 118 cm³/mol. The highest BCUT2D eigenvalue weighted by molar-refractivity contribution is 7.89. The van der Waals surface area contributed by atoms with E-state index >= 15 is 0 Å². The number of nitrogens with zero attached hydrogens (tertiary/aromatic N) is 1. The number of hydrogen-bond acceptors (Lipinski definition) is 3. The van der Waals surface area contributed by atoms with Crippen molar-refractivity contribution in [2.24, 2.45) is 11.3 Å². The van der Waals surface area contributed by atoms with Gasteiger partial charge in [-0.3, -0.25) is 4.79 Å². The first-order valence-corrected chi connectivity index (χ1v) is 12.0. The highest BCUT2D eigenvalue weighted by Crippen LogP contribution is 2.25. The van der Waals surface area contributed by atoms with Gasteiger partial charge in [0.1, 0.15) is 0 Å². The molecule has 0 bridgehead atoms. The molecule has 1 aromatic carbocycles. The molecule has 0 saturated carbocycles. The molecule has 0 aromatic heterocycles. The van der Waals surface area contributed by atoms with Crippen LogP contribution in [0.25, 0.3) is 0 Å². The summed E-state index contributed by atoms with van der Waals surface area (Å²) in [5.74, 6) is 6.44. The molecule has 1 N–H and O–H groups in total. The van der Waals surface area contributed by atoms with Crippen LogP contribution in [0.3, 0.4) is 0 Å². The van der Waals surface area contributed by atoms with E-state index < -0.39 is 10.0 Å². The third-order valence-corrected chi connectivity index (χ3v) is 6.41. The zero-order valence-corrected chi connectivity index (χ0v) is 19.3. The summed E-state index contributed by atoms with van der Waals surface area (Å²) in [7, 11) is -3.34. The van der Waals surface area contributed by atoms with Gasteiger partial charge in [-0.25, -0.2) is 13.1 Å². The van der Waals surface area contributed by atoms with Gasteiger partial charge in [-0.15, -0.1) is 0 Å². The maximum atomic E-state index is 12.7. The van der Waals surface area contributed by atoms with E-state index in [1.54, 1.807) is 6.92 Å². The molecule has 0 radical (unpaired) electrons. The number of nitrogens with one attached hydrogen (secondary N) is 1. The number of amides is 1. The fourth-order valence-corrected chi connectivity index (χ4v) is 4.34. The van der Waals surface area contributed by atoms with Crippen LogP contribution in [0.4, 0.5) is 0 Å². The van der Waals surface area contributed by atoms with Gasteiger partial charge in [0.05, 0.1) is 11.8 Å². The third-order valence-electron chi connectivity index (χ3n) is 4.99. The van der Waals surface area contributed by atoms with Crippen LogP contribution in [0.5, 0.6) is 0 Å². The Kier molecular flexibility index (Phi) is 7.53. The van der Waals surface area contributed by atoms with Crippen molar-refractivity contribution < 1.29 is 13.2 Å². The van der Waals surface area contributed by atoms with Crippen molar-refractivity contribution in [3.8, 4) is 11.8 Å². The summed E-state index contributed by atoms with van der Waals surface area (Å²) < 4.78 is 27.1. The van der Waals surface area contributed by atoms with E-state index in [1.165, 1.54) is 0 Å². The first-order valence-electron chi connectivity index (χ1n) is 10.3. The van der Waals surface area contributed by atoms with Gasteiger partial charge in [-0.1, -0.05) is 37.8 Å². The number of hydrogen-bond donors (Lipinski definition) is 1. The number of carbonyl (C=O) groups excluding carboxylic acids is 1. The van der Waals surface area contributed by atoms with Gasteiger partial charge in [0.2, 0.25) is 15.9 Å². The van der Waals surface area contributed by atoms with E-state index in [0.29, 0.717) is 19.4 Å². The molecule has 29 heavy (non-hydrogen) atoms. The summed E-state index contributed by atoms with van der Waals surface area (Å²) in [4.78, 5) is 14.6. The van der Waals surface area contributed by atoms with Crippen molar-refractivity contribution >= 4 is 15.9 Å². The molecule has 1 fully saturated rings. The highest BCUT2D eigenvalue weighted by Gasteiger charge is 2.39. The molecule has 1 heterocycles. The van der Waals surface area contributed by atoms with Crippen LogP contribution in [0.1, 0.15) is 59.1 Å². The van der Waals surface area contributed by atoms with Crippen LogP contribution in [0.15, 0.2) is 24.3 Å². The molecule has 0 spiro atoms. The van der Waals surface area contributed by atoms with Crippen LogP contribution in [0.2, 0.25) is 0 Å². The van der Waals surface area contributed by atoms with E-state index in [9.17, 15) is 13.2 Å². The van der Waals surface area contributed by atoms with Gasteiger partial charge < -0.3 is 4.90 Å². The molecule has 1 aliphatic rings. The minimum atomic E-state index is -3.34. The van der Waals surface area contributed by atoms with Crippen molar-refractivity contribution in [3.63, 3.8) is 0 Å². The molecule has 6 heteroatoms. The second-order valence-corrected chi connectivity index (χ2v) is 11.1. The second-order valence-electron chi connectivity index (χ2n) is 9.07. The Balaban J connectivity index is 2.30. The largest absolute Gasteiger partial charge is 0.337 e. The van der Waals surface area contributed by atoms with Crippen molar-refractivity contribution in [2.45, 2.75) is 66.5 Å².